The highest BCUT2D eigenvalue weighted by molar-refractivity contribution is 5.93. The largest absolute Gasteiger partial charge is 0.474 e. The van der Waals surface area contributed by atoms with E-state index in [0.717, 1.165) is 31.6 Å². The second-order valence-corrected chi connectivity index (χ2v) is 5.79. The lowest BCUT2D eigenvalue weighted by Gasteiger charge is -2.33. The van der Waals surface area contributed by atoms with Gasteiger partial charge in [-0.25, -0.2) is 9.61 Å². The fraction of sp³-hybridized carbons (Fsp3) is 0.312. The number of nitrogens with zero attached hydrogens (tertiary/aromatic N) is 5. The number of hydrogen-bond acceptors (Lipinski definition) is 8. The molecule has 3 heterocycles. The topological polar surface area (TPSA) is 107 Å². The van der Waals surface area contributed by atoms with Crippen LogP contribution in [0.1, 0.15) is 12.8 Å². The normalized spacial score (nSPS) is 15.4. The first-order chi connectivity index (χ1) is 12.2. The molecule has 25 heavy (non-hydrogen) atoms. The molecule has 0 amide bonds. The molecule has 0 unspecified atom stereocenters. The lowest BCUT2D eigenvalue weighted by atomic mass is 10.1. The lowest BCUT2D eigenvalue weighted by molar-refractivity contribution is -0.383. The van der Waals surface area contributed by atoms with Crippen LogP contribution < -0.4 is 9.64 Å². The van der Waals surface area contributed by atoms with E-state index in [-0.39, 0.29) is 17.3 Å². The summed E-state index contributed by atoms with van der Waals surface area (Å²) in [5, 5.41) is 18.6. The van der Waals surface area contributed by atoms with Gasteiger partial charge in [-0.15, -0.1) is 0 Å². The van der Waals surface area contributed by atoms with Crippen molar-refractivity contribution < 1.29 is 14.3 Å². The van der Waals surface area contributed by atoms with Gasteiger partial charge in [0.15, 0.2) is 5.52 Å². The number of anilines is 1. The summed E-state index contributed by atoms with van der Waals surface area (Å²) in [7, 11) is 0. The molecule has 9 heteroatoms. The first-order valence-electron chi connectivity index (χ1n) is 7.94. The molecular formula is C16H15N5O4. The molecule has 0 radical (unpaired) electrons. The number of non-ortho nitro benzene ring substituents is 1. The van der Waals surface area contributed by atoms with E-state index in [9.17, 15) is 10.1 Å². The monoisotopic (exact) mass is 341 g/mol. The van der Waals surface area contributed by atoms with Gasteiger partial charge in [0.25, 0.3) is 0 Å². The van der Waals surface area contributed by atoms with Crippen molar-refractivity contribution >= 4 is 22.4 Å². The highest BCUT2D eigenvalue weighted by Crippen LogP contribution is 2.32. The molecule has 1 aliphatic heterocycles. The molecule has 1 fully saturated rings. The van der Waals surface area contributed by atoms with Crippen LogP contribution in [0, 0.1) is 10.1 Å². The van der Waals surface area contributed by atoms with Crippen molar-refractivity contribution in [1.82, 2.24) is 15.3 Å². The number of pyridine rings is 1. The summed E-state index contributed by atoms with van der Waals surface area (Å²) >= 11 is 0. The number of nitro groups is 1. The molecule has 1 aliphatic rings. The predicted octanol–water partition coefficient (Wildman–Crippen LogP) is 2.57. The van der Waals surface area contributed by atoms with Crippen LogP contribution >= 0.6 is 0 Å². The molecule has 0 N–H and O–H groups in total. The Kier molecular flexibility index (Phi) is 3.88. The summed E-state index contributed by atoms with van der Waals surface area (Å²) in [6, 6.07) is 8.72. The molecule has 0 aliphatic carbocycles. The highest BCUT2D eigenvalue weighted by atomic mass is 16.6. The fourth-order valence-corrected chi connectivity index (χ4v) is 3.05. The number of aromatic nitrogens is 3. The van der Waals surface area contributed by atoms with E-state index in [1.165, 1.54) is 6.07 Å². The summed E-state index contributed by atoms with van der Waals surface area (Å²) in [5.74, 6) is 0.624. The molecule has 2 aromatic heterocycles. The quantitative estimate of drug-likeness (QED) is 0.526. The van der Waals surface area contributed by atoms with Crippen LogP contribution in [0.15, 0.2) is 41.2 Å². The third kappa shape index (κ3) is 2.95. The molecule has 128 valence electrons. The first-order valence-corrected chi connectivity index (χ1v) is 7.94. The number of piperidine rings is 1. The van der Waals surface area contributed by atoms with Crippen LogP contribution in [-0.4, -0.2) is 39.4 Å². The molecule has 0 atom stereocenters. The molecule has 0 bridgehead atoms. The minimum absolute atomic E-state index is 0.0927. The van der Waals surface area contributed by atoms with Gasteiger partial charge < -0.3 is 9.64 Å². The van der Waals surface area contributed by atoms with E-state index >= 15 is 0 Å². The van der Waals surface area contributed by atoms with Crippen LogP contribution in [0.4, 0.5) is 11.4 Å². The standard InChI is InChI=1S/C16H15N5O4/c22-21(23)13-5-4-12(15-16(13)19-25-18-15)20-9-6-11(7-10-20)24-14-3-1-2-8-17-14/h1-5,8,11H,6-7,9-10H2. The lowest BCUT2D eigenvalue weighted by Crippen LogP contribution is -2.38. The third-order valence-corrected chi connectivity index (χ3v) is 4.28. The SMILES string of the molecule is O=[N+]([O-])c1ccc(N2CCC(Oc3ccccn3)CC2)c2nonc12. The maximum atomic E-state index is 11.1. The smallest absolute Gasteiger partial charge is 0.300 e. The Balaban J connectivity index is 1.50. The molecule has 4 rings (SSSR count). The average molecular weight is 341 g/mol. The second kappa shape index (κ2) is 6.34. The van der Waals surface area contributed by atoms with Crippen molar-refractivity contribution in [3.8, 4) is 5.88 Å². The Morgan fingerprint density at radius 2 is 1.96 bits per heavy atom. The van der Waals surface area contributed by atoms with Crippen LogP contribution in [0.5, 0.6) is 5.88 Å². The summed E-state index contributed by atoms with van der Waals surface area (Å²) in [6.07, 6.45) is 3.44. The number of ether oxygens (including phenoxy) is 1. The van der Waals surface area contributed by atoms with Crippen LogP contribution in [0.3, 0.4) is 0 Å². The van der Waals surface area contributed by atoms with Crippen molar-refractivity contribution in [1.29, 1.82) is 0 Å². The molecule has 1 saturated heterocycles. The maximum absolute atomic E-state index is 11.1. The van der Waals surface area contributed by atoms with Crippen molar-refractivity contribution in [2.45, 2.75) is 18.9 Å². The van der Waals surface area contributed by atoms with Gasteiger partial charge in [0.05, 0.1) is 10.6 Å². The summed E-state index contributed by atoms with van der Waals surface area (Å²) in [5.41, 5.74) is 1.28. The van der Waals surface area contributed by atoms with Gasteiger partial charge in [0.2, 0.25) is 11.4 Å². The van der Waals surface area contributed by atoms with Gasteiger partial charge in [0.1, 0.15) is 6.10 Å². The van der Waals surface area contributed by atoms with Gasteiger partial charge in [-0.1, -0.05) is 6.07 Å². The zero-order valence-corrected chi connectivity index (χ0v) is 13.2. The third-order valence-electron chi connectivity index (χ3n) is 4.28. The van der Waals surface area contributed by atoms with Gasteiger partial charge in [-0.05, 0) is 22.4 Å². The molecule has 0 saturated carbocycles. The zero-order valence-electron chi connectivity index (χ0n) is 13.2. The van der Waals surface area contributed by atoms with E-state index in [1.54, 1.807) is 12.3 Å². The number of hydrogen-bond donors (Lipinski definition) is 0. The van der Waals surface area contributed by atoms with E-state index < -0.39 is 4.92 Å². The van der Waals surface area contributed by atoms with Crippen molar-refractivity contribution in [3.05, 3.63) is 46.6 Å². The van der Waals surface area contributed by atoms with Crippen molar-refractivity contribution in [2.75, 3.05) is 18.0 Å². The average Bonchev–Trinajstić information content (AvgIpc) is 3.12. The Morgan fingerprint density at radius 3 is 2.68 bits per heavy atom. The summed E-state index contributed by atoms with van der Waals surface area (Å²) in [4.78, 5) is 16.9. The number of fused-ring (bicyclic) bond motifs is 1. The molecular weight excluding hydrogens is 326 g/mol. The Labute approximate surface area is 142 Å². The first kappa shape index (κ1) is 15.3. The number of nitro benzene ring substituents is 1. The summed E-state index contributed by atoms with van der Waals surface area (Å²) < 4.78 is 10.6. The van der Waals surface area contributed by atoms with Crippen molar-refractivity contribution in [2.24, 2.45) is 0 Å². The van der Waals surface area contributed by atoms with Gasteiger partial charge in [-0.3, -0.25) is 10.1 Å². The van der Waals surface area contributed by atoms with Crippen LogP contribution in [-0.2, 0) is 0 Å². The van der Waals surface area contributed by atoms with E-state index in [1.807, 2.05) is 18.2 Å². The van der Waals surface area contributed by atoms with Crippen LogP contribution in [0.25, 0.3) is 11.0 Å². The van der Waals surface area contributed by atoms with E-state index in [2.05, 4.69) is 20.2 Å². The minimum Gasteiger partial charge on any atom is -0.474 e. The maximum Gasteiger partial charge on any atom is 0.300 e. The molecule has 3 aromatic rings. The predicted molar refractivity (Wildman–Crippen MR) is 88.6 cm³/mol. The fourth-order valence-electron chi connectivity index (χ4n) is 3.05. The highest BCUT2D eigenvalue weighted by Gasteiger charge is 2.26. The summed E-state index contributed by atoms with van der Waals surface area (Å²) in [6.45, 7) is 1.49. The van der Waals surface area contributed by atoms with Gasteiger partial charge >= 0.3 is 5.69 Å². The van der Waals surface area contributed by atoms with Gasteiger partial charge in [0, 0.05) is 44.3 Å². The Bertz CT molecular complexity index is 890. The molecule has 0 spiro atoms. The van der Waals surface area contributed by atoms with E-state index in [0.29, 0.717) is 11.4 Å². The van der Waals surface area contributed by atoms with Crippen molar-refractivity contribution in [3.63, 3.8) is 0 Å². The molecule has 1 aromatic carbocycles. The number of rotatable bonds is 4. The van der Waals surface area contributed by atoms with E-state index in [4.69, 9.17) is 9.37 Å². The Morgan fingerprint density at radius 1 is 1.16 bits per heavy atom. The zero-order chi connectivity index (χ0) is 17.2. The second-order valence-electron chi connectivity index (χ2n) is 5.79. The minimum atomic E-state index is -0.483. The van der Waals surface area contributed by atoms with Gasteiger partial charge in [-0.2, -0.15) is 0 Å². The molecule has 9 nitrogen and oxygen atoms in total. The Hall–Kier alpha value is -3.23. The number of benzene rings is 1. The van der Waals surface area contributed by atoms with Crippen LogP contribution in [0.2, 0.25) is 0 Å².